The molecular formula is C9H15N3O4. The highest BCUT2D eigenvalue weighted by Gasteiger charge is 2.25. The lowest BCUT2D eigenvalue weighted by Crippen LogP contribution is -2.24. The van der Waals surface area contributed by atoms with Gasteiger partial charge in [-0.15, -0.1) is 0 Å². The van der Waals surface area contributed by atoms with Crippen molar-refractivity contribution in [3.63, 3.8) is 0 Å². The zero-order valence-corrected chi connectivity index (χ0v) is 9.00. The van der Waals surface area contributed by atoms with Crippen LogP contribution in [0.4, 0.5) is 0 Å². The van der Waals surface area contributed by atoms with Crippen molar-refractivity contribution in [1.82, 2.24) is 10.1 Å². The minimum absolute atomic E-state index is 0.208. The summed E-state index contributed by atoms with van der Waals surface area (Å²) in [4.78, 5) is 4.09. The van der Waals surface area contributed by atoms with Gasteiger partial charge in [-0.1, -0.05) is 5.16 Å². The van der Waals surface area contributed by atoms with Gasteiger partial charge in [-0.05, 0) is 6.92 Å². The summed E-state index contributed by atoms with van der Waals surface area (Å²) >= 11 is 0. The van der Waals surface area contributed by atoms with Crippen molar-refractivity contribution in [3.05, 3.63) is 11.7 Å². The molecule has 1 fully saturated rings. The number of rotatable bonds is 3. The third kappa shape index (κ3) is 2.38. The third-order valence-electron chi connectivity index (χ3n) is 2.37. The highest BCUT2D eigenvalue weighted by atomic mass is 16.6. The van der Waals surface area contributed by atoms with Crippen LogP contribution in [0.15, 0.2) is 4.52 Å². The molecule has 0 saturated carbocycles. The fourth-order valence-corrected chi connectivity index (χ4v) is 1.36. The van der Waals surface area contributed by atoms with Crippen molar-refractivity contribution in [2.75, 3.05) is 19.8 Å². The number of nitrogens with two attached hydrogens (primary N) is 1. The molecule has 1 aliphatic heterocycles. The van der Waals surface area contributed by atoms with E-state index in [4.69, 9.17) is 19.7 Å². The second kappa shape index (κ2) is 4.88. The molecule has 0 amide bonds. The van der Waals surface area contributed by atoms with Crippen LogP contribution >= 0.6 is 0 Å². The predicted octanol–water partition coefficient (Wildman–Crippen LogP) is -0.462. The fourth-order valence-electron chi connectivity index (χ4n) is 1.36. The molecule has 16 heavy (non-hydrogen) atoms. The molecule has 7 heteroatoms. The minimum Gasteiger partial charge on any atom is -0.391 e. The lowest BCUT2D eigenvalue weighted by molar-refractivity contribution is -0.0941. The van der Waals surface area contributed by atoms with E-state index >= 15 is 0 Å². The largest absolute Gasteiger partial charge is 0.391 e. The van der Waals surface area contributed by atoms with Crippen LogP contribution in [0.25, 0.3) is 0 Å². The first-order chi connectivity index (χ1) is 7.68. The Morgan fingerprint density at radius 2 is 2.31 bits per heavy atom. The Labute approximate surface area is 92.5 Å². The number of hydrogen-bond acceptors (Lipinski definition) is 7. The molecule has 1 aliphatic rings. The SMILES string of the molecule is CC(O)C(N)c1nc(C2COCCO2)no1. The molecule has 3 N–H and O–H groups in total. The van der Waals surface area contributed by atoms with Gasteiger partial charge >= 0.3 is 0 Å². The van der Waals surface area contributed by atoms with Gasteiger partial charge in [0.15, 0.2) is 0 Å². The number of ether oxygens (including phenoxy) is 2. The molecule has 1 saturated heterocycles. The molecule has 2 heterocycles. The van der Waals surface area contributed by atoms with E-state index in [1.165, 1.54) is 0 Å². The number of hydrogen-bond donors (Lipinski definition) is 2. The summed E-state index contributed by atoms with van der Waals surface area (Å²) < 4.78 is 15.6. The Balaban J connectivity index is 2.06. The molecule has 0 radical (unpaired) electrons. The summed E-state index contributed by atoms with van der Waals surface area (Å²) in [7, 11) is 0. The normalized spacial score (nSPS) is 25.3. The zero-order chi connectivity index (χ0) is 11.5. The Morgan fingerprint density at radius 3 is 2.94 bits per heavy atom. The van der Waals surface area contributed by atoms with Crippen LogP contribution in [0, 0.1) is 0 Å². The van der Waals surface area contributed by atoms with E-state index in [0.717, 1.165) is 0 Å². The summed E-state index contributed by atoms with van der Waals surface area (Å²) in [6, 6.07) is -0.675. The predicted molar refractivity (Wildman–Crippen MR) is 52.4 cm³/mol. The fraction of sp³-hybridized carbons (Fsp3) is 0.778. The van der Waals surface area contributed by atoms with E-state index in [2.05, 4.69) is 10.1 Å². The highest BCUT2D eigenvalue weighted by molar-refractivity contribution is 4.97. The maximum atomic E-state index is 9.29. The molecular weight excluding hydrogens is 214 g/mol. The van der Waals surface area contributed by atoms with Crippen LogP contribution in [0.5, 0.6) is 0 Å². The van der Waals surface area contributed by atoms with Gasteiger partial charge in [-0.2, -0.15) is 4.98 Å². The summed E-state index contributed by atoms with van der Waals surface area (Å²) in [6.45, 7) is 3.06. The molecule has 0 bridgehead atoms. The topological polar surface area (TPSA) is 104 Å². The Bertz CT molecular complexity index is 335. The van der Waals surface area contributed by atoms with E-state index < -0.39 is 12.1 Å². The van der Waals surface area contributed by atoms with Crippen LogP contribution in [0.1, 0.15) is 30.8 Å². The summed E-state index contributed by atoms with van der Waals surface area (Å²) in [6.07, 6.45) is -1.05. The van der Waals surface area contributed by atoms with E-state index in [1.54, 1.807) is 6.92 Å². The monoisotopic (exact) mass is 229 g/mol. The Kier molecular flexibility index (Phi) is 3.49. The minimum atomic E-state index is -0.739. The quantitative estimate of drug-likeness (QED) is 0.722. The van der Waals surface area contributed by atoms with Crippen LogP contribution < -0.4 is 5.73 Å². The van der Waals surface area contributed by atoms with Crippen LogP contribution in [0.2, 0.25) is 0 Å². The van der Waals surface area contributed by atoms with Gasteiger partial charge in [0.2, 0.25) is 11.7 Å². The van der Waals surface area contributed by atoms with Gasteiger partial charge < -0.3 is 24.8 Å². The first kappa shape index (κ1) is 11.5. The molecule has 2 rings (SSSR count). The van der Waals surface area contributed by atoms with Crippen molar-refractivity contribution in [2.45, 2.75) is 25.2 Å². The maximum absolute atomic E-state index is 9.29. The molecule has 3 atom stereocenters. The van der Waals surface area contributed by atoms with Crippen molar-refractivity contribution < 1.29 is 19.1 Å². The molecule has 7 nitrogen and oxygen atoms in total. The summed E-state index contributed by atoms with van der Waals surface area (Å²) in [5.74, 6) is 0.616. The molecule has 0 spiro atoms. The van der Waals surface area contributed by atoms with Gasteiger partial charge in [0.1, 0.15) is 12.1 Å². The van der Waals surface area contributed by atoms with Gasteiger partial charge in [-0.3, -0.25) is 0 Å². The van der Waals surface area contributed by atoms with E-state index in [9.17, 15) is 5.11 Å². The van der Waals surface area contributed by atoms with Crippen LogP contribution in [-0.4, -0.2) is 41.2 Å². The molecule has 1 aromatic heterocycles. The van der Waals surface area contributed by atoms with Gasteiger partial charge in [0.25, 0.3) is 0 Å². The zero-order valence-electron chi connectivity index (χ0n) is 9.00. The number of aliphatic hydroxyl groups excluding tert-OH is 1. The average molecular weight is 229 g/mol. The third-order valence-corrected chi connectivity index (χ3v) is 2.37. The smallest absolute Gasteiger partial charge is 0.246 e. The van der Waals surface area contributed by atoms with Crippen molar-refractivity contribution in [3.8, 4) is 0 Å². The summed E-state index contributed by atoms with van der Waals surface area (Å²) in [5.41, 5.74) is 5.66. The van der Waals surface area contributed by atoms with Crippen molar-refractivity contribution in [1.29, 1.82) is 0 Å². The molecule has 0 aliphatic carbocycles. The van der Waals surface area contributed by atoms with E-state index in [0.29, 0.717) is 25.6 Å². The lowest BCUT2D eigenvalue weighted by atomic mass is 10.2. The Hall–Kier alpha value is -1.02. The molecule has 1 aromatic rings. The molecule has 0 aromatic carbocycles. The van der Waals surface area contributed by atoms with Crippen LogP contribution in [-0.2, 0) is 9.47 Å². The standard InChI is InChI=1S/C9H15N3O4/c1-5(13)7(10)9-11-8(12-16-9)6-4-14-2-3-15-6/h5-7,13H,2-4,10H2,1H3. The van der Waals surface area contributed by atoms with E-state index in [1.807, 2.05) is 0 Å². The first-order valence-corrected chi connectivity index (χ1v) is 5.15. The summed E-state index contributed by atoms with van der Waals surface area (Å²) in [5, 5.41) is 13.0. The second-order valence-electron chi connectivity index (χ2n) is 3.69. The number of aromatic nitrogens is 2. The Morgan fingerprint density at radius 1 is 1.50 bits per heavy atom. The van der Waals surface area contributed by atoms with E-state index in [-0.39, 0.29) is 12.0 Å². The van der Waals surface area contributed by atoms with Gasteiger partial charge in [-0.25, -0.2) is 0 Å². The number of aliphatic hydroxyl groups is 1. The average Bonchev–Trinajstić information content (AvgIpc) is 2.78. The first-order valence-electron chi connectivity index (χ1n) is 5.15. The van der Waals surface area contributed by atoms with Crippen molar-refractivity contribution in [2.24, 2.45) is 5.73 Å². The lowest BCUT2D eigenvalue weighted by Gasteiger charge is -2.19. The van der Waals surface area contributed by atoms with Gasteiger partial charge in [0.05, 0.1) is 25.9 Å². The number of nitrogens with zero attached hydrogens (tertiary/aromatic N) is 2. The van der Waals surface area contributed by atoms with Gasteiger partial charge in [0, 0.05) is 0 Å². The maximum Gasteiger partial charge on any atom is 0.246 e. The van der Waals surface area contributed by atoms with Crippen molar-refractivity contribution >= 4 is 0 Å². The second-order valence-corrected chi connectivity index (χ2v) is 3.69. The van der Waals surface area contributed by atoms with Crippen LogP contribution in [0.3, 0.4) is 0 Å². The molecule has 90 valence electrons. The molecule has 3 unspecified atom stereocenters. The highest BCUT2D eigenvalue weighted by Crippen LogP contribution is 2.20.